The van der Waals surface area contributed by atoms with Crippen LogP contribution in [0.2, 0.25) is 0 Å². The smallest absolute Gasteiger partial charge is 0.266 e. The summed E-state index contributed by atoms with van der Waals surface area (Å²) >= 11 is 0. The minimum atomic E-state index is -2.00. The Hall–Kier alpha value is -1.63. The fraction of sp³-hybridized carbons (Fsp3) is 0.250. The molecule has 4 nitrogen and oxygen atoms in total. The Morgan fingerprint density at radius 2 is 1.87 bits per heavy atom. The third kappa shape index (κ3) is 2.07. The van der Waals surface area contributed by atoms with Gasteiger partial charge in [-0.15, -0.1) is 0 Å². The minimum absolute atomic E-state index is 0.516. The maximum atomic E-state index is 13.0. The van der Waals surface area contributed by atoms with Crippen molar-refractivity contribution in [1.29, 1.82) is 0 Å². The molecule has 7 heteroatoms. The second-order valence-corrected chi connectivity index (χ2v) is 2.74. The van der Waals surface area contributed by atoms with Gasteiger partial charge in [0.25, 0.3) is 6.04 Å². The summed E-state index contributed by atoms with van der Waals surface area (Å²) in [5.74, 6) is -4.30. The maximum absolute atomic E-state index is 13.0. The molecule has 0 saturated heterocycles. The number of hydrogen-bond acceptors (Lipinski definition) is 3. The molecule has 1 rings (SSSR count). The van der Waals surface area contributed by atoms with E-state index in [9.17, 15) is 23.3 Å². The summed E-state index contributed by atoms with van der Waals surface area (Å²) in [6, 6.07) is -0.914. The molecular formula is C8H6F3NO3. The molecule has 0 aliphatic carbocycles. The molecule has 0 aliphatic heterocycles. The number of aliphatic hydroxyl groups excluding tert-OH is 1. The van der Waals surface area contributed by atoms with Gasteiger partial charge in [0.1, 0.15) is 18.0 Å². The van der Waals surface area contributed by atoms with Crippen molar-refractivity contribution in [2.24, 2.45) is 0 Å². The molecule has 0 spiro atoms. The summed E-state index contributed by atoms with van der Waals surface area (Å²) in [6.07, 6.45) is 0. The normalized spacial score (nSPS) is 12.5. The van der Waals surface area contributed by atoms with Crippen molar-refractivity contribution in [3.05, 3.63) is 45.3 Å². The average molecular weight is 221 g/mol. The quantitative estimate of drug-likeness (QED) is 0.477. The summed E-state index contributed by atoms with van der Waals surface area (Å²) in [4.78, 5) is 9.25. The van der Waals surface area contributed by atoms with Gasteiger partial charge >= 0.3 is 0 Å². The van der Waals surface area contributed by atoms with Gasteiger partial charge in [-0.2, -0.15) is 0 Å². The fourth-order valence-corrected chi connectivity index (χ4v) is 1.11. The van der Waals surface area contributed by atoms with Gasteiger partial charge < -0.3 is 5.11 Å². The Morgan fingerprint density at radius 3 is 2.33 bits per heavy atom. The molecule has 0 aromatic heterocycles. The van der Waals surface area contributed by atoms with Crippen LogP contribution in [0.15, 0.2) is 12.1 Å². The van der Waals surface area contributed by atoms with Crippen LogP contribution < -0.4 is 0 Å². The van der Waals surface area contributed by atoms with Gasteiger partial charge in [0.2, 0.25) is 0 Å². The van der Waals surface area contributed by atoms with Crippen LogP contribution in [0.25, 0.3) is 0 Å². The van der Waals surface area contributed by atoms with Crippen molar-refractivity contribution in [2.75, 3.05) is 6.61 Å². The van der Waals surface area contributed by atoms with Gasteiger partial charge in [0.15, 0.2) is 11.6 Å². The van der Waals surface area contributed by atoms with Gasteiger partial charge in [-0.25, -0.2) is 13.2 Å². The topological polar surface area (TPSA) is 63.4 Å². The van der Waals surface area contributed by atoms with E-state index < -0.39 is 40.6 Å². The molecule has 1 aromatic carbocycles. The number of benzene rings is 1. The van der Waals surface area contributed by atoms with Crippen molar-refractivity contribution < 1.29 is 23.2 Å². The van der Waals surface area contributed by atoms with E-state index in [2.05, 4.69) is 0 Å². The molecular weight excluding hydrogens is 215 g/mol. The largest absolute Gasteiger partial charge is 0.389 e. The molecule has 0 amide bonds. The van der Waals surface area contributed by atoms with Crippen molar-refractivity contribution in [3.8, 4) is 0 Å². The highest BCUT2D eigenvalue weighted by Gasteiger charge is 2.30. The van der Waals surface area contributed by atoms with Crippen LogP contribution in [-0.2, 0) is 0 Å². The van der Waals surface area contributed by atoms with E-state index in [0.717, 1.165) is 0 Å². The molecule has 0 unspecified atom stereocenters. The number of halogens is 3. The highest BCUT2D eigenvalue weighted by Crippen LogP contribution is 2.24. The first-order chi connectivity index (χ1) is 6.99. The van der Waals surface area contributed by atoms with E-state index in [1.807, 2.05) is 0 Å². The Kier molecular flexibility index (Phi) is 3.25. The second kappa shape index (κ2) is 4.26. The van der Waals surface area contributed by atoms with Gasteiger partial charge in [0.05, 0.1) is 0 Å². The van der Waals surface area contributed by atoms with Crippen LogP contribution in [-0.4, -0.2) is 16.6 Å². The van der Waals surface area contributed by atoms with Crippen molar-refractivity contribution in [3.63, 3.8) is 0 Å². The molecule has 0 radical (unpaired) electrons. The number of nitrogens with zero attached hydrogens (tertiary/aromatic N) is 1. The second-order valence-electron chi connectivity index (χ2n) is 2.74. The number of hydrogen-bond donors (Lipinski definition) is 1. The minimum Gasteiger partial charge on any atom is -0.389 e. The van der Waals surface area contributed by atoms with Gasteiger partial charge in [0, 0.05) is 4.92 Å². The molecule has 1 N–H and O–H groups in total. The first-order valence-electron chi connectivity index (χ1n) is 3.86. The first kappa shape index (κ1) is 11.4. The summed E-state index contributed by atoms with van der Waals surface area (Å²) in [7, 11) is 0. The van der Waals surface area contributed by atoms with E-state index in [-0.39, 0.29) is 0 Å². The average Bonchev–Trinajstić information content (AvgIpc) is 2.18. The lowest BCUT2D eigenvalue weighted by atomic mass is 10.1. The molecule has 1 aromatic rings. The molecule has 0 fully saturated rings. The highest BCUT2D eigenvalue weighted by atomic mass is 19.2. The lowest BCUT2D eigenvalue weighted by Gasteiger charge is -2.08. The van der Waals surface area contributed by atoms with E-state index in [1.54, 1.807) is 0 Å². The van der Waals surface area contributed by atoms with E-state index in [4.69, 9.17) is 5.11 Å². The molecule has 0 aliphatic rings. The van der Waals surface area contributed by atoms with Crippen molar-refractivity contribution in [2.45, 2.75) is 6.04 Å². The summed E-state index contributed by atoms with van der Waals surface area (Å²) < 4.78 is 38.7. The maximum Gasteiger partial charge on any atom is 0.266 e. The molecule has 15 heavy (non-hydrogen) atoms. The lowest BCUT2D eigenvalue weighted by Crippen LogP contribution is -2.18. The van der Waals surface area contributed by atoms with Crippen molar-refractivity contribution >= 4 is 0 Å². The van der Waals surface area contributed by atoms with Gasteiger partial charge in [-0.05, 0) is 12.1 Å². The molecule has 0 saturated carbocycles. The number of aliphatic hydroxyl groups is 1. The van der Waals surface area contributed by atoms with Crippen LogP contribution in [0.5, 0.6) is 0 Å². The zero-order chi connectivity index (χ0) is 11.6. The van der Waals surface area contributed by atoms with E-state index >= 15 is 0 Å². The Morgan fingerprint density at radius 1 is 1.33 bits per heavy atom. The first-order valence-corrected chi connectivity index (χ1v) is 3.86. The Labute approximate surface area is 82.1 Å². The summed E-state index contributed by atoms with van der Waals surface area (Å²) in [5.41, 5.74) is -1.07. The van der Waals surface area contributed by atoms with Gasteiger partial charge in [-0.1, -0.05) is 0 Å². The molecule has 1 atom stereocenters. The Balaban J connectivity index is 3.34. The number of nitro groups is 1. The highest BCUT2D eigenvalue weighted by molar-refractivity contribution is 5.23. The predicted octanol–water partition coefficient (Wildman–Crippen LogP) is 1.41. The zero-order valence-corrected chi connectivity index (χ0v) is 7.28. The zero-order valence-electron chi connectivity index (χ0n) is 7.28. The monoisotopic (exact) mass is 221 g/mol. The van der Waals surface area contributed by atoms with E-state index in [1.165, 1.54) is 0 Å². The molecule has 0 bridgehead atoms. The predicted molar refractivity (Wildman–Crippen MR) is 43.1 cm³/mol. The van der Waals surface area contributed by atoms with Gasteiger partial charge in [-0.3, -0.25) is 10.1 Å². The van der Waals surface area contributed by atoms with Crippen molar-refractivity contribution in [1.82, 2.24) is 0 Å². The summed E-state index contributed by atoms with van der Waals surface area (Å²) in [5, 5.41) is 18.9. The van der Waals surface area contributed by atoms with Crippen LogP contribution in [0.3, 0.4) is 0 Å². The molecule has 0 heterocycles. The third-order valence-electron chi connectivity index (χ3n) is 1.84. The molecule has 82 valence electrons. The Bertz CT molecular complexity index is 397. The van der Waals surface area contributed by atoms with E-state index in [0.29, 0.717) is 12.1 Å². The number of rotatable bonds is 3. The van der Waals surface area contributed by atoms with Crippen LogP contribution in [0.1, 0.15) is 11.6 Å². The van der Waals surface area contributed by atoms with Crippen LogP contribution in [0.4, 0.5) is 13.2 Å². The lowest BCUT2D eigenvalue weighted by molar-refractivity contribution is -0.533. The fourth-order valence-electron chi connectivity index (χ4n) is 1.11. The van der Waals surface area contributed by atoms with Crippen LogP contribution in [0, 0.1) is 27.6 Å². The standard InChI is InChI=1S/C8H6F3NO3/c9-4-1-2-5(10)8(11)7(4)6(3-13)12(14)15/h1-2,6,13H,3H2/t6-/m1/s1. The van der Waals surface area contributed by atoms with Crippen LogP contribution >= 0.6 is 0 Å². The SMILES string of the molecule is O=[N+]([O-])[C@H](CO)c1c(F)ccc(F)c1F. The summed E-state index contributed by atoms with van der Waals surface area (Å²) in [6.45, 7) is -1.11. The third-order valence-corrected chi connectivity index (χ3v) is 1.84.